The number of nitrogens with zero attached hydrogens (tertiary/aromatic N) is 2. The molecule has 0 bridgehead atoms. The fraction of sp³-hybridized carbons (Fsp3) is 0.250. The number of thiophene rings is 1. The van der Waals surface area contributed by atoms with Gasteiger partial charge >= 0.3 is 0 Å². The molecule has 0 spiro atoms. The Kier molecular flexibility index (Phi) is 3.35. The third-order valence-electron chi connectivity index (χ3n) is 2.94. The van der Waals surface area contributed by atoms with Gasteiger partial charge in [0.2, 0.25) is 10.0 Å². The van der Waals surface area contributed by atoms with Crippen LogP contribution in [0.3, 0.4) is 0 Å². The zero-order chi connectivity index (χ0) is 14.3. The van der Waals surface area contributed by atoms with Gasteiger partial charge in [-0.25, -0.2) is 8.42 Å². The molecular weight excluding hydrogens is 320 g/mol. The predicted molar refractivity (Wildman–Crippen MR) is 78.6 cm³/mol. The predicted octanol–water partition coefficient (Wildman–Crippen LogP) is 3.11. The zero-order valence-corrected chi connectivity index (χ0v) is 12.9. The first kappa shape index (κ1) is 13.7. The van der Waals surface area contributed by atoms with Crippen LogP contribution >= 0.6 is 22.9 Å². The molecule has 1 aliphatic rings. The van der Waals surface area contributed by atoms with Gasteiger partial charge in [-0.15, -0.1) is 11.3 Å². The van der Waals surface area contributed by atoms with Gasteiger partial charge in [0.05, 0.1) is 16.8 Å². The van der Waals surface area contributed by atoms with Crippen molar-refractivity contribution in [1.29, 1.82) is 0 Å². The number of hydrogen-bond donors (Lipinski definition) is 0. The Morgan fingerprint density at radius 3 is 2.80 bits per heavy atom. The van der Waals surface area contributed by atoms with Gasteiger partial charge in [0.25, 0.3) is 0 Å². The van der Waals surface area contributed by atoms with Crippen LogP contribution in [0.1, 0.15) is 23.1 Å². The number of rotatable bonds is 3. The lowest BCUT2D eigenvalue weighted by Gasteiger charge is -2.18. The smallest absolute Gasteiger partial charge is 0.247 e. The van der Waals surface area contributed by atoms with Crippen molar-refractivity contribution in [3.8, 4) is 0 Å². The molecule has 20 heavy (non-hydrogen) atoms. The first-order valence-electron chi connectivity index (χ1n) is 5.81. The average molecular weight is 331 g/mol. The maximum absolute atomic E-state index is 11.9. The van der Waals surface area contributed by atoms with Crippen LogP contribution in [-0.2, 0) is 10.0 Å². The summed E-state index contributed by atoms with van der Waals surface area (Å²) in [6.07, 6.45) is 1.60. The summed E-state index contributed by atoms with van der Waals surface area (Å²) in [5.41, 5.74) is 0.739. The molecule has 0 aromatic carbocycles. The van der Waals surface area contributed by atoms with Gasteiger partial charge in [-0.05, 0) is 35.2 Å². The van der Waals surface area contributed by atoms with Gasteiger partial charge in [-0.3, -0.25) is 0 Å². The number of hydrogen-bond acceptors (Lipinski definition) is 5. The Morgan fingerprint density at radius 1 is 1.45 bits per heavy atom. The molecule has 5 nitrogen and oxygen atoms in total. The Labute approximate surface area is 125 Å². The van der Waals surface area contributed by atoms with E-state index in [2.05, 4.69) is 5.10 Å². The van der Waals surface area contributed by atoms with E-state index in [9.17, 15) is 8.42 Å². The second-order valence-electron chi connectivity index (χ2n) is 4.42. The summed E-state index contributed by atoms with van der Waals surface area (Å²) >= 11 is 7.29. The van der Waals surface area contributed by atoms with Crippen molar-refractivity contribution in [2.75, 3.05) is 6.26 Å². The van der Waals surface area contributed by atoms with Crippen molar-refractivity contribution < 1.29 is 12.8 Å². The van der Waals surface area contributed by atoms with E-state index >= 15 is 0 Å². The highest BCUT2D eigenvalue weighted by Crippen LogP contribution is 2.36. The van der Waals surface area contributed by atoms with Crippen molar-refractivity contribution >= 4 is 38.7 Å². The first-order chi connectivity index (χ1) is 9.45. The minimum absolute atomic E-state index is 0.234. The molecule has 0 saturated heterocycles. The monoisotopic (exact) mass is 330 g/mol. The van der Waals surface area contributed by atoms with Gasteiger partial charge in [-0.1, -0.05) is 6.07 Å². The van der Waals surface area contributed by atoms with Crippen LogP contribution in [0.15, 0.2) is 39.2 Å². The zero-order valence-electron chi connectivity index (χ0n) is 10.5. The van der Waals surface area contributed by atoms with Crippen LogP contribution in [-0.4, -0.2) is 24.8 Å². The van der Waals surface area contributed by atoms with Crippen LogP contribution in [0.2, 0.25) is 5.22 Å². The molecule has 2 aromatic rings. The first-order valence-corrected chi connectivity index (χ1v) is 8.92. The number of sulfonamides is 1. The summed E-state index contributed by atoms with van der Waals surface area (Å²) in [6.45, 7) is 0. The Bertz CT molecular complexity index is 750. The third-order valence-corrected chi connectivity index (χ3v) is 5.08. The van der Waals surface area contributed by atoms with Crippen molar-refractivity contribution in [3.05, 3.63) is 45.5 Å². The standard InChI is InChI=1S/C12H11ClN2O3S2/c1-20(16,17)15-9(10-4-5-12(13)18-10)7-8(14-15)11-3-2-6-19-11/h2-6,9H,7H2,1H3. The van der Waals surface area contributed by atoms with E-state index in [1.54, 1.807) is 12.1 Å². The summed E-state index contributed by atoms with van der Waals surface area (Å²) in [5, 5.41) is 6.40. The minimum Gasteiger partial charge on any atom is -0.447 e. The van der Waals surface area contributed by atoms with E-state index in [0.717, 1.165) is 21.3 Å². The molecule has 1 atom stereocenters. The second-order valence-corrected chi connectivity index (χ2v) is 7.58. The van der Waals surface area contributed by atoms with Crippen molar-refractivity contribution in [2.24, 2.45) is 5.10 Å². The number of halogens is 1. The molecule has 0 saturated carbocycles. The molecule has 1 unspecified atom stereocenters. The Morgan fingerprint density at radius 2 is 2.25 bits per heavy atom. The maximum atomic E-state index is 11.9. The summed E-state index contributed by atoms with van der Waals surface area (Å²) in [7, 11) is -3.47. The van der Waals surface area contributed by atoms with Gasteiger partial charge in [-0.2, -0.15) is 9.52 Å². The number of furan rings is 1. The van der Waals surface area contributed by atoms with Crippen molar-refractivity contribution in [2.45, 2.75) is 12.5 Å². The van der Waals surface area contributed by atoms with E-state index in [-0.39, 0.29) is 5.22 Å². The van der Waals surface area contributed by atoms with Crippen molar-refractivity contribution in [1.82, 2.24) is 4.41 Å². The molecule has 1 aliphatic heterocycles. The number of hydrazone groups is 1. The molecule has 3 rings (SSSR count). The molecular formula is C12H11ClN2O3S2. The average Bonchev–Trinajstić information content (AvgIpc) is 3.06. The van der Waals surface area contributed by atoms with Crippen molar-refractivity contribution in [3.63, 3.8) is 0 Å². The van der Waals surface area contributed by atoms with E-state index < -0.39 is 16.1 Å². The fourth-order valence-electron chi connectivity index (χ4n) is 2.11. The van der Waals surface area contributed by atoms with Crippen LogP contribution in [0.4, 0.5) is 0 Å². The van der Waals surface area contributed by atoms with E-state index in [4.69, 9.17) is 16.0 Å². The quantitative estimate of drug-likeness (QED) is 0.868. The lowest BCUT2D eigenvalue weighted by Crippen LogP contribution is -2.25. The fourth-order valence-corrected chi connectivity index (χ4v) is 3.87. The minimum atomic E-state index is -3.47. The van der Waals surface area contributed by atoms with Crippen LogP contribution in [0.25, 0.3) is 0 Å². The summed E-state index contributed by atoms with van der Waals surface area (Å²) < 4.78 is 30.2. The molecule has 2 aromatic heterocycles. The molecule has 106 valence electrons. The highest BCUT2D eigenvalue weighted by molar-refractivity contribution is 7.88. The molecule has 0 aliphatic carbocycles. The normalized spacial score (nSPS) is 19.4. The van der Waals surface area contributed by atoms with E-state index in [1.807, 2.05) is 17.5 Å². The molecule has 0 fully saturated rings. The van der Waals surface area contributed by atoms with Gasteiger partial charge in [0.15, 0.2) is 5.22 Å². The Hall–Kier alpha value is -1.31. The molecule has 0 amide bonds. The van der Waals surface area contributed by atoms with Crippen LogP contribution < -0.4 is 0 Å². The maximum Gasteiger partial charge on any atom is 0.247 e. The van der Waals surface area contributed by atoms with Crippen LogP contribution in [0, 0.1) is 0 Å². The van der Waals surface area contributed by atoms with E-state index in [1.165, 1.54) is 11.3 Å². The topological polar surface area (TPSA) is 62.9 Å². The highest BCUT2D eigenvalue weighted by Gasteiger charge is 2.36. The second kappa shape index (κ2) is 4.91. The lowest BCUT2D eigenvalue weighted by molar-refractivity contribution is 0.322. The van der Waals surface area contributed by atoms with Gasteiger partial charge in [0.1, 0.15) is 11.8 Å². The molecule has 0 radical (unpaired) electrons. The highest BCUT2D eigenvalue weighted by atomic mass is 35.5. The molecule has 8 heteroatoms. The summed E-state index contributed by atoms with van der Waals surface area (Å²) in [6, 6.07) is 6.62. The molecule has 3 heterocycles. The largest absolute Gasteiger partial charge is 0.447 e. The molecule has 0 N–H and O–H groups in total. The third kappa shape index (κ3) is 2.48. The Balaban J connectivity index is 2.00. The summed E-state index contributed by atoms with van der Waals surface area (Å²) in [5.74, 6) is 0.496. The SMILES string of the molecule is CS(=O)(=O)N1N=C(c2cccs2)CC1c1ccc(Cl)o1. The van der Waals surface area contributed by atoms with E-state index in [0.29, 0.717) is 12.2 Å². The lowest BCUT2D eigenvalue weighted by atomic mass is 10.1. The van der Waals surface area contributed by atoms with Gasteiger partial charge in [0, 0.05) is 6.42 Å². The summed E-state index contributed by atoms with van der Waals surface area (Å²) in [4.78, 5) is 0.957. The van der Waals surface area contributed by atoms with Crippen LogP contribution in [0.5, 0.6) is 0 Å². The van der Waals surface area contributed by atoms with Gasteiger partial charge < -0.3 is 4.42 Å².